The molecule has 0 radical (unpaired) electrons. The van der Waals surface area contributed by atoms with Gasteiger partial charge in [-0.3, -0.25) is 0 Å². The molecule has 0 fully saturated rings. The maximum atomic E-state index is 6.07. The van der Waals surface area contributed by atoms with Crippen LogP contribution in [0.5, 0.6) is 11.5 Å². The quantitative estimate of drug-likeness (QED) is 0.753. The summed E-state index contributed by atoms with van der Waals surface area (Å²) in [6.45, 7) is 3.87. The summed E-state index contributed by atoms with van der Waals surface area (Å²) in [5, 5.41) is 1.17. The normalized spacial score (nSPS) is 13.6. The van der Waals surface area contributed by atoms with E-state index in [0.717, 1.165) is 0 Å². The van der Waals surface area contributed by atoms with Crippen LogP contribution in [0.4, 0.5) is 0 Å². The van der Waals surface area contributed by atoms with Crippen molar-refractivity contribution in [3.05, 3.63) is 58.6 Å². The van der Waals surface area contributed by atoms with E-state index < -0.39 is 0 Å². The summed E-state index contributed by atoms with van der Waals surface area (Å²) in [7, 11) is 0. The van der Waals surface area contributed by atoms with E-state index in [0.29, 0.717) is 21.5 Å². The van der Waals surface area contributed by atoms with E-state index in [2.05, 4.69) is 0 Å². The van der Waals surface area contributed by atoms with Gasteiger partial charge in [-0.2, -0.15) is 0 Å². The van der Waals surface area contributed by atoms with Crippen molar-refractivity contribution in [2.45, 2.75) is 26.1 Å². The highest BCUT2D eigenvalue weighted by Crippen LogP contribution is 2.27. The van der Waals surface area contributed by atoms with E-state index in [4.69, 9.17) is 32.7 Å². The largest absolute Gasteiger partial charge is 0.485 e. The molecule has 2 aromatic carbocycles. The van der Waals surface area contributed by atoms with Crippen molar-refractivity contribution in [3.63, 3.8) is 0 Å². The third-order valence-corrected chi connectivity index (χ3v) is 3.58. The van der Waals surface area contributed by atoms with Gasteiger partial charge in [0.25, 0.3) is 0 Å². The van der Waals surface area contributed by atoms with Crippen LogP contribution in [0.15, 0.2) is 48.5 Å². The van der Waals surface area contributed by atoms with E-state index in [-0.39, 0.29) is 12.2 Å². The standard InChI is InChI=1S/C16H16Cl2O2/c1-11(19-15-9-5-3-7-13(15)17)12(2)20-16-10-6-4-8-14(16)18/h3-12H,1-2H3. The SMILES string of the molecule is CC(Oc1ccccc1Cl)C(C)Oc1ccccc1Cl. The van der Waals surface area contributed by atoms with Crippen LogP contribution in [0.25, 0.3) is 0 Å². The van der Waals surface area contributed by atoms with Gasteiger partial charge in [-0.15, -0.1) is 0 Å². The maximum absolute atomic E-state index is 6.07. The fraction of sp³-hybridized carbons (Fsp3) is 0.250. The summed E-state index contributed by atoms with van der Waals surface area (Å²) in [5.74, 6) is 1.30. The van der Waals surface area contributed by atoms with Gasteiger partial charge in [0, 0.05) is 0 Å². The number of rotatable bonds is 5. The Hall–Kier alpha value is -1.38. The molecule has 2 atom stereocenters. The molecule has 0 saturated carbocycles. The number of hydrogen-bond donors (Lipinski definition) is 0. The fourth-order valence-electron chi connectivity index (χ4n) is 1.67. The molecule has 0 amide bonds. The zero-order chi connectivity index (χ0) is 14.5. The summed E-state index contributed by atoms with van der Waals surface area (Å²) >= 11 is 12.1. The van der Waals surface area contributed by atoms with Crippen LogP contribution in [0.1, 0.15) is 13.8 Å². The van der Waals surface area contributed by atoms with Crippen LogP contribution in [-0.4, -0.2) is 12.2 Å². The van der Waals surface area contributed by atoms with E-state index in [1.165, 1.54) is 0 Å². The van der Waals surface area contributed by atoms with Crippen LogP contribution in [0.2, 0.25) is 10.0 Å². The van der Waals surface area contributed by atoms with Gasteiger partial charge in [-0.05, 0) is 38.1 Å². The van der Waals surface area contributed by atoms with Gasteiger partial charge in [0.15, 0.2) is 0 Å². The molecule has 4 heteroatoms. The summed E-state index contributed by atoms with van der Waals surface area (Å²) in [6, 6.07) is 14.8. The molecule has 0 heterocycles. The number of ether oxygens (including phenoxy) is 2. The third-order valence-electron chi connectivity index (χ3n) is 2.96. The molecule has 2 unspecified atom stereocenters. The molecular formula is C16H16Cl2O2. The van der Waals surface area contributed by atoms with Gasteiger partial charge in [-0.25, -0.2) is 0 Å². The van der Waals surface area contributed by atoms with E-state index in [1.54, 1.807) is 12.1 Å². The minimum absolute atomic E-state index is 0.161. The Morgan fingerprint density at radius 1 is 0.700 bits per heavy atom. The van der Waals surface area contributed by atoms with Gasteiger partial charge in [-0.1, -0.05) is 47.5 Å². The lowest BCUT2D eigenvalue weighted by atomic mass is 10.2. The van der Waals surface area contributed by atoms with Crippen molar-refractivity contribution >= 4 is 23.2 Å². The molecule has 0 saturated heterocycles. The Balaban J connectivity index is 2.01. The summed E-state index contributed by atoms with van der Waals surface area (Å²) in [6.07, 6.45) is -0.322. The van der Waals surface area contributed by atoms with Gasteiger partial charge >= 0.3 is 0 Å². The van der Waals surface area contributed by atoms with Crippen molar-refractivity contribution in [2.24, 2.45) is 0 Å². The second-order valence-corrected chi connectivity index (χ2v) is 5.32. The van der Waals surface area contributed by atoms with Crippen LogP contribution in [-0.2, 0) is 0 Å². The Labute approximate surface area is 129 Å². The predicted molar refractivity (Wildman–Crippen MR) is 83.1 cm³/mol. The lowest BCUT2D eigenvalue weighted by Crippen LogP contribution is -2.31. The van der Waals surface area contributed by atoms with E-state index >= 15 is 0 Å². The molecule has 0 N–H and O–H groups in total. The van der Waals surface area contributed by atoms with Gasteiger partial charge in [0.05, 0.1) is 10.0 Å². The molecule has 0 bridgehead atoms. The minimum Gasteiger partial charge on any atom is -0.485 e. The zero-order valence-corrected chi connectivity index (χ0v) is 12.9. The van der Waals surface area contributed by atoms with E-state index in [9.17, 15) is 0 Å². The third kappa shape index (κ3) is 3.81. The van der Waals surface area contributed by atoms with Gasteiger partial charge in [0.1, 0.15) is 23.7 Å². The predicted octanol–water partition coefficient (Wildman–Crippen LogP) is 5.23. The van der Waals surface area contributed by atoms with Crippen molar-refractivity contribution in [1.29, 1.82) is 0 Å². The summed E-state index contributed by atoms with van der Waals surface area (Å²) in [5.41, 5.74) is 0. The second-order valence-electron chi connectivity index (χ2n) is 4.51. The van der Waals surface area contributed by atoms with E-state index in [1.807, 2.05) is 50.2 Å². The molecule has 0 aliphatic rings. The average molecular weight is 311 g/mol. The zero-order valence-electron chi connectivity index (χ0n) is 11.3. The van der Waals surface area contributed by atoms with Crippen molar-refractivity contribution in [2.75, 3.05) is 0 Å². The van der Waals surface area contributed by atoms with Crippen LogP contribution in [0.3, 0.4) is 0 Å². The van der Waals surface area contributed by atoms with Crippen LogP contribution in [0, 0.1) is 0 Å². The first kappa shape index (κ1) is 15.0. The Kier molecular flexibility index (Phi) is 5.16. The second kappa shape index (κ2) is 6.87. The summed E-state index contributed by atoms with van der Waals surface area (Å²) in [4.78, 5) is 0. The number of para-hydroxylation sites is 2. The highest BCUT2D eigenvalue weighted by atomic mass is 35.5. The Morgan fingerprint density at radius 3 is 1.40 bits per heavy atom. The molecule has 0 spiro atoms. The molecule has 0 aliphatic carbocycles. The molecule has 2 nitrogen and oxygen atoms in total. The monoisotopic (exact) mass is 310 g/mol. The maximum Gasteiger partial charge on any atom is 0.138 e. The highest BCUT2D eigenvalue weighted by Gasteiger charge is 2.17. The van der Waals surface area contributed by atoms with Crippen LogP contribution >= 0.6 is 23.2 Å². The molecule has 2 aromatic rings. The first-order valence-electron chi connectivity index (χ1n) is 6.40. The van der Waals surface area contributed by atoms with Crippen LogP contribution < -0.4 is 9.47 Å². The summed E-state index contributed by atoms with van der Waals surface area (Å²) < 4.78 is 11.6. The lowest BCUT2D eigenvalue weighted by molar-refractivity contribution is 0.0781. The Morgan fingerprint density at radius 2 is 1.05 bits per heavy atom. The smallest absolute Gasteiger partial charge is 0.138 e. The van der Waals surface area contributed by atoms with Crippen molar-refractivity contribution < 1.29 is 9.47 Å². The number of halogens is 2. The molecule has 106 valence electrons. The fourth-order valence-corrected chi connectivity index (χ4v) is 2.03. The number of hydrogen-bond acceptors (Lipinski definition) is 2. The number of benzene rings is 2. The van der Waals surface area contributed by atoms with Crippen molar-refractivity contribution in [3.8, 4) is 11.5 Å². The first-order chi connectivity index (χ1) is 9.58. The minimum atomic E-state index is -0.161. The molecule has 20 heavy (non-hydrogen) atoms. The lowest BCUT2D eigenvalue weighted by Gasteiger charge is -2.23. The van der Waals surface area contributed by atoms with Gasteiger partial charge in [0.2, 0.25) is 0 Å². The van der Waals surface area contributed by atoms with Gasteiger partial charge < -0.3 is 9.47 Å². The Bertz CT molecular complexity index is 520. The average Bonchev–Trinajstić information content (AvgIpc) is 2.43. The topological polar surface area (TPSA) is 18.5 Å². The molecule has 2 rings (SSSR count). The highest BCUT2D eigenvalue weighted by molar-refractivity contribution is 6.32. The molecule has 0 aromatic heterocycles. The first-order valence-corrected chi connectivity index (χ1v) is 7.16. The molecule has 0 aliphatic heterocycles. The molecular weight excluding hydrogens is 295 g/mol. The van der Waals surface area contributed by atoms with Crippen molar-refractivity contribution in [1.82, 2.24) is 0 Å².